The molecule has 0 spiro atoms. The molecule has 1 heterocycles. The van der Waals surface area contributed by atoms with Gasteiger partial charge in [-0.3, -0.25) is 4.79 Å². The van der Waals surface area contributed by atoms with Gasteiger partial charge in [-0.25, -0.2) is 0 Å². The lowest BCUT2D eigenvalue weighted by Gasteiger charge is -2.23. The molecule has 1 saturated heterocycles. The molecule has 0 aliphatic carbocycles. The Bertz CT molecular complexity index is 370. The van der Waals surface area contributed by atoms with Crippen molar-refractivity contribution in [3.63, 3.8) is 0 Å². The summed E-state index contributed by atoms with van der Waals surface area (Å²) in [6.07, 6.45) is 2.68. The first-order valence-corrected chi connectivity index (χ1v) is 5.98. The van der Waals surface area contributed by atoms with Gasteiger partial charge in [0.25, 0.3) is 0 Å². The second-order valence-electron chi connectivity index (χ2n) is 4.35. The van der Waals surface area contributed by atoms with E-state index < -0.39 is 0 Å². The fraction of sp³-hybridized carbons (Fsp3) is 0.462. The van der Waals surface area contributed by atoms with Gasteiger partial charge in [-0.15, -0.1) is 0 Å². The van der Waals surface area contributed by atoms with E-state index in [1.807, 2.05) is 24.3 Å². The number of piperidine rings is 1. The highest BCUT2D eigenvalue weighted by Gasteiger charge is 2.14. The van der Waals surface area contributed by atoms with Crippen LogP contribution in [0.5, 0.6) is 5.75 Å². The third kappa shape index (κ3) is 3.75. The summed E-state index contributed by atoms with van der Waals surface area (Å²) in [7, 11) is 0. The van der Waals surface area contributed by atoms with Crippen LogP contribution in [-0.4, -0.2) is 25.1 Å². The van der Waals surface area contributed by atoms with Crippen LogP contribution in [0.15, 0.2) is 24.3 Å². The molecule has 92 valence electrons. The Hall–Kier alpha value is -1.55. The van der Waals surface area contributed by atoms with E-state index in [2.05, 4.69) is 5.32 Å². The fourth-order valence-corrected chi connectivity index (χ4v) is 1.99. The summed E-state index contributed by atoms with van der Waals surface area (Å²) in [5.41, 5.74) is 6.06. The minimum Gasteiger partial charge on any atom is -0.490 e. The quantitative estimate of drug-likeness (QED) is 0.811. The van der Waals surface area contributed by atoms with E-state index in [9.17, 15) is 4.79 Å². The van der Waals surface area contributed by atoms with Crippen molar-refractivity contribution >= 4 is 5.91 Å². The van der Waals surface area contributed by atoms with Gasteiger partial charge in [-0.05, 0) is 43.6 Å². The van der Waals surface area contributed by atoms with E-state index in [1.54, 1.807) is 0 Å². The van der Waals surface area contributed by atoms with E-state index in [4.69, 9.17) is 10.5 Å². The largest absolute Gasteiger partial charge is 0.490 e. The molecule has 1 aromatic carbocycles. The molecule has 1 aliphatic heterocycles. The standard InChI is InChI=1S/C13H18N2O2/c14-13(16)9-10-1-3-11(4-2-10)17-12-5-7-15-8-6-12/h1-4,12,15H,5-9H2,(H2,14,16). The van der Waals surface area contributed by atoms with Crippen molar-refractivity contribution in [3.05, 3.63) is 29.8 Å². The van der Waals surface area contributed by atoms with Crippen molar-refractivity contribution in [3.8, 4) is 5.75 Å². The number of hydrogen-bond donors (Lipinski definition) is 2. The van der Waals surface area contributed by atoms with Crippen LogP contribution in [-0.2, 0) is 11.2 Å². The van der Waals surface area contributed by atoms with Crippen LogP contribution in [0.4, 0.5) is 0 Å². The highest BCUT2D eigenvalue weighted by molar-refractivity contribution is 5.76. The van der Waals surface area contributed by atoms with Crippen LogP contribution < -0.4 is 15.8 Å². The highest BCUT2D eigenvalue weighted by atomic mass is 16.5. The van der Waals surface area contributed by atoms with Gasteiger partial charge in [-0.2, -0.15) is 0 Å². The minimum absolute atomic E-state index is 0.285. The summed E-state index contributed by atoms with van der Waals surface area (Å²) in [6, 6.07) is 7.59. The molecular formula is C13H18N2O2. The topological polar surface area (TPSA) is 64.4 Å². The van der Waals surface area contributed by atoms with Crippen molar-refractivity contribution in [1.82, 2.24) is 5.32 Å². The molecule has 3 N–H and O–H groups in total. The highest BCUT2D eigenvalue weighted by Crippen LogP contribution is 2.17. The Morgan fingerprint density at radius 3 is 2.53 bits per heavy atom. The van der Waals surface area contributed by atoms with E-state index in [1.165, 1.54) is 0 Å². The van der Waals surface area contributed by atoms with Crippen molar-refractivity contribution < 1.29 is 9.53 Å². The van der Waals surface area contributed by atoms with Crippen LogP contribution in [0.2, 0.25) is 0 Å². The Morgan fingerprint density at radius 2 is 1.94 bits per heavy atom. The Balaban J connectivity index is 1.90. The van der Waals surface area contributed by atoms with Gasteiger partial charge in [0, 0.05) is 0 Å². The lowest BCUT2D eigenvalue weighted by atomic mass is 10.1. The Morgan fingerprint density at radius 1 is 1.29 bits per heavy atom. The van der Waals surface area contributed by atoms with E-state index in [0.717, 1.165) is 37.2 Å². The van der Waals surface area contributed by atoms with Gasteiger partial charge in [-0.1, -0.05) is 12.1 Å². The third-order valence-corrected chi connectivity index (χ3v) is 2.89. The molecular weight excluding hydrogens is 216 g/mol. The number of carbonyl (C=O) groups is 1. The molecule has 0 radical (unpaired) electrons. The summed E-state index contributed by atoms with van der Waals surface area (Å²) < 4.78 is 5.86. The van der Waals surface area contributed by atoms with Crippen LogP contribution in [0, 0.1) is 0 Å². The molecule has 4 heteroatoms. The molecule has 0 unspecified atom stereocenters. The number of rotatable bonds is 4. The van der Waals surface area contributed by atoms with E-state index >= 15 is 0 Å². The molecule has 1 amide bonds. The molecule has 17 heavy (non-hydrogen) atoms. The molecule has 4 nitrogen and oxygen atoms in total. The number of amides is 1. The zero-order valence-corrected chi connectivity index (χ0v) is 9.82. The number of nitrogens with one attached hydrogen (secondary N) is 1. The average molecular weight is 234 g/mol. The van der Waals surface area contributed by atoms with Gasteiger partial charge in [0.1, 0.15) is 11.9 Å². The molecule has 0 atom stereocenters. The monoisotopic (exact) mass is 234 g/mol. The van der Waals surface area contributed by atoms with Gasteiger partial charge >= 0.3 is 0 Å². The smallest absolute Gasteiger partial charge is 0.221 e. The number of hydrogen-bond acceptors (Lipinski definition) is 3. The van der Waals surface area contributed by atoms with Crippen molar-refractivity contribution in [2.24, 2.45) is 5.73 Å². The summed E-state index contributed by atoms with van der Waals surface area (Å²) in [6.45, 7) is 2.04. The zero-order chi connectivity index (χ0) is 12.1. The van der Waals surface area contributed by atoms with Gasteiger partial charge < -0.3 is 15.8 Å². The number of ether oxygens (including phenoxy) is 1. The number of primary amides is 1. The zero-order valence-electron chi connectivity index (χ0n) is 9.82. The van der Waals surface area contributed by atoms with Crippen LogP contribution >= 0.6 is 0 Å². The van der Waals surface area contributed by atoms with E-state index in [0.29, 0.717) is 6.10 Å². The molecule has 2 rings (SSSR count). The normalized spacial score (nSPS) is 16.7. The third-order valence-electron chi connectivity index (χ3n) is 2.89. The van der Waals surface area contributed by atoms with Gasteiger partial charge in [0.2, 0.25) is 5.91 Å². The summed E-state index contributed by atoms with van der Waals surface area (Å²) in [5.74, 6) is 0.558. The Labute approximate surface area is 101 Å². The predicted octanol–water partition coefficient (Wildman–Crippen LogP) is 0.845. The number of nitrogens with two attached hydrogens (primary N) is 1. The van der Waals surface area contributed by atoms with Crippen LogP contribution in [0.3, 0.4) is 0 Å². The fourth-order valence-electron chi connectivity index (χ4n) is 1.99. The number of carbonyl (C=O) groups excluding carboxylic acids is 1. The van der Waals surface area contributed by atoms with Crippen molar-refractivity contribution in [1.29, 1.82) is 0 Å². The maximum absolute atomic E-state index is 10.8. The molecule has 1 aliphatic rings. The average Bonchev–Trinajstić information content (AvgIpc) is 2.32. The van der Waals surface area contributed by atoms with Crippen LogP contribution in [0.1, 0.15) is 18.4 Å². The molecule has 0 bridgehead atoms. The molecule has 0 saturated carbocycles. The maximum atomic E-state index is 10.8. The van der Waals surface area contributed by atoms with Crippen molar-refractivity contribution in [2.45, 2.75) is 25.4 Å². The lowest BCUT2D eigenvalue weighted by Crippen LogP contribution is -2.34. The summed E-state index contributed by atoms with van der Waals surface area (Å²) >= 11 is 0. The van der Waals surface area contributed by atoms with Crippen LogP contribution in [0.25, 0.3) is 0 Å². The van der Waals surface area contributed by atoms with E-state index in [-0.39, 0.29) is 12.3 Å². The summed E-state index contributed by atoms with van der Waals surface area (Å²) in [5, 5.41) is 3.30. The van der Waals surface area contributed by atoms with Crippen molar-refractivity contribution in [2.75, 3.05) is 13.1 Å². The number of benzene rings is 1. The first kappa shape index (κ1) is 11.9. The lowest BCUT2D eigenvalue weighted by molar-refractivity contribution is -0.117. The molecule has 1 fully saturated rings. The first-order valence-electron chi connectivity index (χ1n) is 5.98. The first-order chi connectivity index (χ1) is 8.24. The SMILES string of the molecule is NC(=O)Cc1ccc(OC2CCNCC2)cc1. The second kappa shape index (κ2) is 5.68. The second-order valence-corrected chi connectivity index (χ2v) is 4.35. The minimum atomic E-state index is -0.308. The van der Waals surface area contributed by atoms with Gasteiger partial charge in [0.15, 0.2) is 0 Å². The predicted molar refractivity (Wildman–Crippen MR) is 65.9 cm³/mol. The summed E-state index contributed by atoms with van der Waals surface area (Å²) in [4.78, 5) is 10.8. The van der Waals surface area contributed by atoms with Gasteiger partial charge in [0.05, 0.1) is 6.42 Å². The molecule has 1 aromatic rings. The maximum Gasteiger partial charge on any atom is 0.221 e. The Kier molecular flexibility index (Phi) is 3.98. The molecule has 0 aromatic heterocycles.